The van der Waals surface area contributed by atoms with Crippen molar-refractivity contribution in [2.24, 2.45) is 11.8 Å². The SMILES string of the molecule is COC1OC=CC2CC=C(CO)C21. The lowest BCUT2D eigenvalue weighted by molar-refractivity contribution is -0.127. The van der Waals surface area contributed by atoms with Crippen molar-refractivity contribution < 1.29 is 14.6 Å². The van der Waals surface area contributed by atoms with E-state index in [-0.39, 0.29) is 18.8 Å². The number of hydrogen-bond acceptors (Lipinski definition) is 3. The average molecular weight is 182 g/mol. The summed E-state index contributed by atoms with van der Waals surface area (Å²) in [6, 6.07) is 0. The Bertz CT molecular complexity index is 245. The molecule has 0 bridgehead atoms. The van der Waals surface area contributed by atoms with E-state index in [1.807, 2.05) is 6.08 Å². The van der Waals surface area contributed by atoms with Gasteiger partial charge in [-0.1, -0.05) is 6.08 Å². The first-order valence-electron chi connectivity index (χ1n) is 4.51. The van der Waals surface area contributed by atoms with Gasteiger partial charge in [0.2, 0.25) is 6.29 Å². The van der Waals surface area contributed by atoms with Crippen molar-refractivity contribution >= 4 is 0 Å². The highest BCUT2D eigenvalue weighted by atomic mass is 16.7. The van der Waals surface area contributed by atoms with E-state index in [9.17, 15) is 0 Å². The molecule has 0 aromatic heterocycles. The number of allylic oxidation sites excluding steroid dienone is 2. The third-order valence-corrected chi connectivity index (χ3v) is 2.79. The first kappa shape index (κ1) is 8.78. The number of aliphatic hydroxyl groups is 1. The van der Waals surface area contributed by atoms with Gasteiger partial charge in [0.1, 0.15) is 0 Å². The molecule has 3 nitrogen and oxygen atoms in total. The smallest absolute Gasteiger partial charge is 0.205 e. The van der Waals surface area contributed by atoms with Crippen molar-refractivity contribution in [1.29, 1.82) is 0 Å². The second-order valence-corrected chi connectivity index (χ2v) is 3.43. The molecule has 0 radical (unpaired) electrons. The van der Waals surface area contributed by atoms with Gasteiger partial charge < -0.3 is 14.6 Å². The van der Waals surface area contributed by atoms with Crippen LogP contribution in [0.2, 0.25) is 0 Å². The number of ether oxygens (including phenoxy) is 2. The first-order valence-corrected chi connectivity index (χ1v) is 4.51. The van der Waals surface area contributed by atoms with Crippen LogP contribution in [0.15, 0.2) is 24.0 Å². The fourth-order valence-corrected chi connectivity index (χ4v) is 2.10. The lowest BCUT2D eigenvalue weighted by Gasteiger charge is -2.30. The van der Waals surface area contributed by atoms with Gasteiger partial charge in [0.05, 0.1) is 18.8 Å². The molecule has 1 N–H and O–H groups in total. The summed E-state index contributed by atoms with van der Waals surface area (Å²) in [7, 11) is 1.63. The minimum atomic E-state index is -0.226. The van der Waals surface area contributed by atoms with Crippen molar-refractivity contribution in [3.63, 3.8) is 0 Å². The fourth-order valence-electron chi connectivity index (χ4n) is 2.10. The van der Waals surface area contributed by atoms with E-state index in [0.29, 0.717) is 5.92 Å². The summed E-state index contributed by atoms with van der Waals surface area (Å²) in [5.74, 6) is 0.654. The van der Waals surface area contributed by atoms with Gasteiger partial charge in [-0.25, -0.2) is 0 Å². The topological polar surface area (TPSA) is 38.7 Å². The molecule has 2 aliphatic rings. The van der Waals surface area contributed by atoms with Gasteiger partial charge in [-0.3, -0.25) is 0 Å². The molecule has 0 aromatic rings. The third-order valence-electron chi connectivity index (χ3n) is 2.79. The van der Waals surface area contributed by atoms with E-state index in [1.165, 1.54) is 0 Å². The molecule has 72 valence electrons. The second kappa shape index (κ2) is 3.52. The summed E-state index contributed by atoms with van der Waals surface area (Å²) >= 11 is 0. The zero-order valence-corrected chi connectivity index (χ0v) is 7.64. The Labute approximate surface area is 77.7 Å². The Hall–Kier alpha value is -0.800. The Kier molecular flexibility index (Phi) is 2.38. The van der Waals surface area contributed by atoms with Crippen molar-refractivity contribution in [2.75, 3.05) is 13.7 Å². The summed E-state index contributed by atoms with van der Waals surface area (Å²) in [5, 5.41) is 9.11. The quantitative estimate of drug-likeness (QED) is 0.649. The van der Waals surface area contributed by atoms with Gasteiger partial charge in [0.15, 0.2) is 0 Å². The standard InChI is InChI=1S/C10H14O3/c1-12-10-9-7(4-5-13-10)2-3-8(9)6-11/h3-5,7,9-11H,2,6H2,1H3. The average Bonchev–Trinajstić information content (AvgIpc) is 2.60. The van der Waals surface area contributed by atoms with Crippen LogP contribution in [-0.4, -0.2) is 25.1 Å². The van der Waals surface area contributed by atoms with Gasteiger partial charge in [0.25, 0.3) is 0 Å². The lowest BCUT2D eigenvalue weighted by Crippen LogP contribution is -2.32. The lowest BCUT2D eigenvalue weighted by atomic mass is 9.89. The maximum absolute atomic E-state index is 9.11. The van der Waals surface area contributed by atoms with Gasteiger partial charge in [0, 0.05) is 7.11 Å². The van der Waals surface area contributed by atoms with Gasteiger partial charge in [-0.05, 0) is 24.0 Å². The minimum Gasteiger partial charge on any atom is -0.472 e. The Morgan fingerprint density at radius 1 is 1.69 bits per heavy atom. The van der Waals surface area contributed by atoms with E-state index >= 15 is 0 Å². The number of aliphatic hydroxyl groups excluding tert-OH is 1. The number of hydrogen-bond donors (Lipinski definition) is 1. The first-order chi connectivity index (χ1) is 6.36. The molecule has 0 aromatic carbocycles. The number of methoxy groups -OCH3 is 1. The van der Waals surface area contributed by atoms with Crippen LogP contribution in [0.1, 0.15) is 6.42 Å². The number of fused-ring (bicyclic) bond motifs is 1. The summed E-state index contributed by atoms with van der Waals surface area (Å²) in [6.45, 7) is 0.109. The van der Waals surface area contributed by atoms with E-state index in [0.717, 1.165) is 12.0 Å². The monoisotopic (exact) mass is 182 g/mol. The zero-order chi connectivity index (χ0) is 9.26. The van der Waals surface area contributed by atoms with Crippen molar-refractivity contribution in [3.05, 3.63) is 24.0 Å². The summed E-state index contributed by atoms with van der Waals surface area (Å²) in [4.78, 5) is 0. The molecule has 0 spiro atoms. The molecule has 1 aliphatic carbocycles. The molecule has 1 aliphatic heterocycles. The van der Waals surface area contributed by atoms with Crippen LogP contribution in [0, 0.1) is 11.8 Å². The zero-order valence-electron chi connectivity index (χ0n) is 7.64. The van der Waals surface area contributed by atoms with E-state index in [1.54, 1.807) is 13.4 Å². The van der Waals surface area contributed by atoms with Crippen LogP contribution in [0.5, 0.6) is 0 Å². The van der Waals surface area contributed by atoms with Crippen LogP contribution >= 0.6 is 0 Å². The highest BCUT2D eigenvalue weighted by molar-refractivity contribution is 5.21. The largest absolute Gasteiger partial charge is 0.472 e. The summed E-state index contributed by atoms with van der Waals surface area (Å²) < 4.78 is 10.5. The van der Waals surface area contributed by atoms with E-state index in [2.05, 4.69) is 6.08 Å². The highest BCUT2D eigenvalue weighted by Gasteiger charge is 2.37. The molecule has 0 amide bonds. The molecular weight excluding hydrogens is 168 g/mol. The van der Waals surface area contributed by atoms with Crippen molar-refractivity contribution in [3.8, 4) is 0 Å². The van der Waals surface area contributed by atoms with Crippen LogP contribution in [-0.2, 0) is 9.47 Å². The minimum absolute atomic E-state index is 0.109. The fraction of sp³-hybridized carbons (Fsp3) is 0.600. The van der Waals surface area contributed by atoms with Crippen molar-refractivity contribution in [2.45, 2.75) is 12.7 Å². The Morgan fingerprint density at radius 2 is 2.54 bits per heavy atom. The van der Waals surface area contributed by atoms with Crippen LogP contribution in [0.4, 0.5) is 0 Å². The molecule has 2 rings (SSSR count). The maximum Gasteiger partial charge on any atom is 0.205 e. The Balaban J connectivity index is 2.19. The Morgan fingerprint density at radius 3 is 3.23 bits per heavy atom. The number of rotatable bonds is 2. The molecule has 0 fully saturated rings. The molecule has 3 atom stereocenters. The van der Waals surface area contributed by atoms with Gasteiger partial charge in [-0.2, -0.15) is 0 Å². The van der Waals surface area contributed by atoms with Gasteiger partial charge in [-0.15, -0.1) is 0 Å². The van der Waals surface area contributed by atoms with Crippen LogP contribution in [0.25, 0.3) is 0 Å². The molecular formula is C10H14O3. The maximum atomic E-state index is 9.11. The van der Waals surface area contributed by atoms with E-state index < -0.39 is 0 Å². The highest BCUT2D eigenvalue weighted by Crippen LogP contribution is 2.38. The van der Waals surface area contributed by atoms with Crippen LogP contribution in [0.3, 0.4) is 0 Å². The molecule has 1 heterocycles. The molecule has 13 heavy (non-hydrogen) atoms. The summed E-state index contributed by atoms with van der Waals surface area (Å²) in [5.41, 5.74) is 1.04. The van der Waals surface area contributed by atoms with Gasteiger partial charge >= 0.3 is 0 Å². The van der Waals surface area contributed by atoms with E-state index in [4.69, 9.17) is 14.6 Å². The predicted octanol–water partition coefficient (Wildman–Crippen LogP) is 1.06. The molecule has 0 saturated carbocycles. The van der Waals surface area contributed by atoms with Crippen LogP contribution < -0.4 is 0 Å². The normalized spacial score (nSPS) is 36.8. The molecule has 0 saturated heterocycles. The van der Waals surface area contributed by atoms with Crippen molar-refractivity contribution in [1.82, 2.24) is 0 Å². The predicted molar refractivity (Wildman–Crippen MR) is 47.8 cm³/mol. The second-order valence-electron chi connectivity index (χ2n) is 3.43. The third kappa shape index (κ3) is 1.38. The summed E-state index contributed by atoms with van der Waals surface area (Å²) in [6.07, 6.45) is 6.58. The molecule has 3 heteroatoms. The molecule has 3 unspecified atom stereocenters.